The van der Waals surface area contributed by atoms with Crippen LogP contribution in [0.2, 0.25) is 10.2 Å². The highest BCUT2D eigenvalue weighted by molar-refractivity contribution is 6.35. The topological polar surface area (TPSA) is 115 Å². The zero-order valence-corrected chi connectivity index (χ0v) is 21.1. The third-order valence-corrected chi connectivity index (χ3v) is 7.14. The van der Waals surface area contributed by atoms with Crippen molar-refractivity contribution in [3.63, 3.8) is 0 Å². The van der Waals surface area contributed by atoms with Gasteiger partial charge in [0.2, 0.25) is 0 Å². The zero-order valence-electron chi connectivity index (χ0n) is 19.6. The Balaban J connectivity index is 1.43. The summed E-state index contributed by atoms with van der Waals surface area (Å²) >= 11 is 12.8. The second-order valence-corrected chi connectivity index (χ2v) is 9.74. The van der Waals surface area contributed by atoms with Gasteiger partial charge in [0.05, 0.1) is 18.3 Å². The van der Waals surface area contributed by atoms with Gasteiger partial charge in [-0.15, -0.1) is 0 Å². The summed E-state index contributed by atoms with van der Waals surface area (Å²) in [5.74, 6) is 1.06. The maximum Gasteiger partial charge on any atom is 0.407 e. The van der Waals surface area contributed by atoms with Gasteiger partial charge in [-0.2, -0.15) is 0 Å². The molecular weight excluding hydrogens is 493 g/mol. The number of hydrogen-bond donors (Lipinski definition) is 2. The Morgan fingerprint density at radius 1 is 1.14 bits per heavy atom. The molecule has 2 fully saturated rings. The summed E-state index contributed by atoms with van der Waals surface area (Å²) in [6, 6.07) is 1.69. The van der Waals surface area contributed by atoms with Crippen LogP contribution in [0.4, 0.5) is 10.6 Å². The molecule has 188 valence electrons. The number of anilines is 1. The van der Waals surface area contributed by atoms with Gasteiger partial charge >= 0.3 is 6.09 Å². The summed E-state index contributed by atoms with van der Waals surface area (Å²) in [7, 11) is 1.32. The molecule has 0 bridgehead atoms. The van der Waals surface area contributed by atoms with E-state index in [2.05, 4.69) is 30.3 Å². The lowest BCUT2D eigenvalue weighted by atomic mass is 9.97. The smallest absolute Gasteiger partial charge is 0.407 e. The van der Waals surface area contributed by atoms with E-state index >= 15 is 0 Å². The summed E-state index contributed by atoms with van der Waals surface area (Å²) in [5.41, 5.74) is 1.60. The molecule has 4 rings (SSSR count). The van der Waals surface area contributed by atoms with Gasteiger partial charge < -0.3 is 20.1 Å². The minimum Gasteiger partial charge on any atom is -0.453 e. The number of alkyl carbamates (subject to hydrolysis) is 1. The van der Waals surface area contributed by atoms with Gasteiger partial charge in [-0.05, 0) is 44.1 Å². The van der Waals surface area contributed by atoms with Gasteiger partial charge in [0.25, 0.3) is 0 Å². The van der Waals surface area contributed by atoms with Crippen LogP contribution in [0.15, 0.2) is 18.5 Å². The van der Waals surface area contributed by atoms with Crippen molar-refractivity contribution < 1.29 is 19.1 Å². The first-order chi connectivity index (χ1) is 16.9. The van der Waals surface area contributed by atoms with E-state index in [0.717, 1.165) is 39.0 Å². The van der Waals surface area contributed by atoms with Crippen LogP contribution in [0.3, 0.4) is 0 Å². The number of ether oxygens (including phenoxy) is 2. The first-order valence-electron chi connectivity index (χ1n) is 11.8. The van der Waals surface area contributed by atoms with E-state index in [1.807, 2.05) is 0 Å². The Morgan fingerprint density at radius 3 is 2.71 bits per heavy atom. The van der Waals surface area contributed by atoms with Crippen LogP contribution in [0, 0.1) is 11.8 Å². The Morgan fingerprint density at radius 2 is 1.94 bits per heavy atom. The molecule has 0 unspecified atom stereocenters. The molecule has 2 N–H and O–H groups in total. The maximum atomic E-state index is 12.9. The molecule has 3 heterocycles. The average molecular weight is 522 g/mol. The van der Waals surface area contributed by atoms with Crippen LogP contribution in [0.1, 0.15) is 37.8 Å². The number of pyridine rings is 1. The maximum absolute atomic E-state index is 12.9. The lowest BCUT2D eigenvalue weighted by Gasteiger charge is -2.22. The molecule has 1 amide bonds. The predicted octanol–water partition coefficient (Wildman–Crippen LogP) is 4.32. The van der Waals surface area contributed by atoms with Crippen LogP contribution in [0.25, 0.3) is 11.3 Å². The minimum atomic E-state index is -0.477. The number of aromatic nitrogens is 3. The molecule has 9 nitrogen and oxygen atoms in total. The number of carbonyl (C=O) groups excluding carboxylic acids is 2. The summed E-state index contributed by atoms with van der Waals surface area (Å²) in [6.07, 6.45) is 6.85. The van der Waals surface area contributed by atoms with Gasteiger partial charge in [-0.3, -0.25) is 9.78 Å². The van der Waals surface area contributed by atoms with E-state index in [9.17, 15) is 9.59 Å². The fraction of sp³-hybridized carbons (Fsp3) is 0.542. The molecular formula is C24H29Cl2N5O4. The summed E-state index contributed by atoms with van der Waals surface area (Å²) in [4.78, 5) is 37.6. The Kier molecular flexibility index (Phi) is 8.75. The van der Waals surface area contributed by atoms with Gasteiger partial charge in [0.1, 0.15) is 17.3 Å². The van der Waals surface area contributed by atoms with Crippen LogP contribution in [-0.4, -0.2) is 59.7 Å². The fourth-order valence-electron chi connectivity index (χ4n) is 4.54. The average Bonchev–Trinajstić information content (AvgIpc) is 3.34. The molecule has 0 aromatic carbocycles. The predicted molar refractivity (Wildman–Crippen MR) is 133 cm³/mol. The third kappa shape index (κ3) is 6.80. The van der Waals surface area contributed by atoms with E-state index in [0.29, 0.717) is 46.6 Å². The molecule has 2 atom stereocenters. The van der Waals surface area contributed by atoms with E-state index in [4.69, 9.17) is 27.9 Å². The highest BCUT2D eigenvalue weighted by Crippen LogP contribution is 2.33. The summed E-state index contributed by atoms with van der Waals surface area (Å²) in [5, 5.41) is 6.71. The van der Waals surface area contributed by atoms with Crippen molar-refractivity contribution in [3.05, 3.63) is 34.3 Å². The molecule has 2 aromatic rings. The van der Waals surface area contributed by atoms with Gasteiger partial charge in [-0.25, -0.2) is 14.8 Å². The van der Waals surface area contributed by atoms with Gasteiger partial charge in [-0.1, -0.05) is 23.2 Å². The Hall–Kier alpha value is -2.49. The van der Waals surface area contributed by atoms with Crippen molar-refractivity contribution in [2.75, 3.05) is 32.2 Å². The molecule has 2 aromatic heterocycles. The molecule has 1 aliphatic heterocycles. The van der Waals surface area contributed by atoms with Crippen molar-refractivity contribution in [2.45, 2.75) is 44.6 Å². The first-order valence-corrected chi connectivity index (χ1v) is 12.5. The Labute approximate surface area is 214 Å². The minimum absolute atomic E-state index is 0.0596. The van der Waals surface area contributed by atoms with E-state index in [1.165, 1.54) is 13.3 Å². The van der Waals surface area contributed by atoms with E-state index < -0.39 is 6.09 Å². The molecule has 0 spiro atoms. The second kappa shape index (κ2) is 12.0. The largest absolute Gasteiger partial charge is 0.453 e. The number of nitrogens with one attached hydrogen (secondary N) is 2. The zero-order chi connectivity index (χ0) is 24.8. The fourth-order valence-corrected chi connectivity index (χ4v) is 4.93. The number of hydrogen-bond acceptors (Lipinski definition) is 8. The van der Waals surface area contributed by atoms with Gasteiger partial charge in [0.15, 0.2) is 5.15 Å². The summed E-state index contributed by atoms with van der Waals surface area (Å²) in [6.45, 7) is 2.33. The van der Waals surface area contributed by atoms with E-state index in [1.54, 1.807) is 12.3 Å². The lowest BCUT2D eigenvalue weighted by Crippen LogP contribution is -2.33. The molecule has 1 aliphatic carbocycles. The van der Waals surface area contributed by atoms with Crippen molar-refractivity contribution in [3.8, 4) is 11.3 Å². The quantitative estimate of drug-likeness (QED) is 0.527. The molecule has 11 heteroatoms. The summed E-state index contributed by atoms with van der Waals surface area (Å²) < 4.78 is 10.1. The van der Waals surface area contributed by atoms with Crippen molar-refractivity contribution in [1.29, 1.82) is 0 Å². The van der Waals surface area contributed by atoms with Crippen LogP contribution >= 0.6 is 23.2 Å². The highest BCUT2D eigenvalue weighted by Gasteiger charge is 2.31. The third-order valence-electron chi connectivity index (χ3n) is 6.56. The highest BCUT2D eigenvalue weighted by atomic mass is 35.5. The molecule has 1 saturated heterocycles. The number of halogens is 2. The van der Waals surface area contributed by atoms with Crippen molar-refractivity contribution in [2.24, 2.45) is 11.8 Å². The SMILES string of the molecule is COC(=O)N[C@@H]1CC[C@H](C(=O)Cc2cc(-c3nc(NCC4CCOCC4)cnc3Cl)c(Cl)cn2)C1. The number of ketones is 1. The normalized spacial score (nSPS) is 20.4. The van der Waals surface area contributed by atoms with Crippen molar-refractivity contribution in [1.82, 2.24) is 20.3 Å². The number of methoxy groups -OCH3 is 1. The number of nitrogens with zero attached hydrogens (tertiary/aromatic N) is 3. The molecule has 0 radical (unpaired) electrons. The number of carbonyl (C=O) groups is 2. The van der Waals surface area contributed by atoms with Gasteiger partial charge in [0, 0.05) is 55.6 Å². The Bertz CT molecular complexity index is 1060. The molecule has 2 aliphatic rings. The van der Waals surface area contributed by atoms with Crippen LogP contribution in [-0.2, 0) is 20.7 Å². The number of Topliss-reactive ketones (excluding diaryl/α,β-unsaturated/α-hetero) is 1. The van der Waals surface area contributed by atoms with E-state index in [-0.39, 0.29) is 29.3 Å². The second-order valence-electron chi connectivity index (χ2n) is 8.97. The van der Waals surface area contributed by atoms with Crippen LogP contribution < -0.4 is 10.6 Å². The number of amides is 1. The van der Waals surface area contributed by atoms with Crippen LogP contribution in [0.5, 0.6) is 0 Å². The monoisotopic (exact) mass is 521 g/mol. The molecule has 1 saturated carbocycles. The number of rotatable bonds is 8. The lowest BCUT2D eigenvalue weighted by molar-refractivity contribution is -0.122. The standard InChI is InChI=1S/C24H29Cl2N5O4/c1-34-24(33)30-16-3-2-15(8-16)20(32)10-17-9-18(19(25)12-27-17)22-23(26)29-13-21(31-22)28-11-14-4-6-35-7-5-14/h9,12-16H,2-8,10-11H2,1H3,(H,28,31)(H,30,33)/t15-,16+/m0/s1. The van der Waals surface area contributed by atoms with Crippen molar-refractivity contribution >= 4 is 40.9 Å². The first kappa shape index (κ1) is 25.6. The molecule has 35 heavy (non-hydrogen) atoms.